The molecular formula is C31H31N3O4. The maximum Gasteiger partial charge on any atom is 0.306 e. The molecule has 2 amide bonds. The number of fused-ring (bicyclic) bond motifs is 2. The van der Waals surface area contributed by atoms with Gasteiger partial charge in [-0.1, -0.05) is 42.5 Å². The minimum atomic E-state index is -0.620. The Hall–Kier alpha value is -4.26. The number of hydrogen-bond donors (Lipinski definition) is 0. The standard InChI is InChI=1S/C31H31N3O4/c1-20-8-7-15-33-19-26(32-28(20)33)23-13-11-21(12-14-23)16-22(17-27(35)38-31(2,3)4)18-34-29(36)24-9-5-6-10-25(24)30(34)37/h5-15,19,22H,16-18H2,1-4H3/t22-/m1/s1. The van der Waals surface area contributed by atoms with Crippen LogP contribution < -0.4 is 0 Å². The van der Waals surface area contributed by atoms with E-state index < -0.39 is 5.60 Å². The molecule has 0 saturated carbocycles. The zero-order valence-electron chi connectivity index (χ0n) is 22.1. The molecule has 1 aliphatic heterocycles. The fourth-order valence-corrected chi connectivity index (χ4v) is 4.92. The van der Waals surface area contributed by atoms with E-state index >= 15 is 0 Å². The number of imidazole rings is 1. The summed E-state index contributed by atoms with van der Waals surface area (Å²) in [6.45, 7) is 7.64. The Morgan fingerprint density at radius 1 is 0.947 bits per heavy atom. The average molecular weight is 510 g/mol. The number of benzene rings is 2. The smallest absolute Gasteiger partial charge is 0.306 e. The first kappa shape index (κ1) is 25.4. The van der Waals surface area contributed by atoms with Crippen LogP contribution in [-0.2, 0) is 16.0 Å². The second-order valence-electron chi connectivity index (χ2n) is 10.9. The molecule has 194 valence electrons. The van der Waals surface area contributed by atoms with Crippen molar-refractivity contribution in [2.24, 2.45) is 5.92 Å². The minimum absolute atomic E-state index is 0.0954. The molecule has 4 aromatic rings. The van der Waals surface area contributed by atoms with Gasteiger partial charge in [-0.15, -0.1) is 0 Å². The molecule has 1 atom stereocenters. The summed E-state index contributed by atoms with van der Waals surface area (Å²) in [7, 11) is 0. The first-order valence-corrected chi connectivity index (χ1v) is 12.8. The summed E-state index contributed by atoms with van der Waals surface area (Å²) in [6, 6.07) is 18.9. The normalized spacial score (nSPS) is 14.2. The van der Waals surface area contributed by atoms with E-state index in [0.717, 1.165) is 28.0 Å². The lowest BCUT2D eigenvalue weighted by atomic mass is 9.94. The molecule has 0 aliphatic carbocycles. The fraction of sp³-hybridized carbons (Fsp3) is 0.290. The number of aryl methyl sites for hydroxylation is 1. The molecule has 38 heavy (non-hydrogen) atoms. The molecule has 0 N–H and O–H groups in total. The summed E-state index contributed by atoms with van der Waals surface area (Å²) >= 11 is 0. The molecule has 2 aromatic carbocycles. The van der Waals surface area contributed by atoms with Crippen LogP contribution in [0.2, 0.25) is 0 Å². The van der Waals surface area contributed by atoms with Gasteiger partial charge in [-0.25, -0.2) is 4.98 Å². The molecule has 0 unspecified atom stereocenters. The number of nitrogens with zero attached hydrogens (tertiary/aromatic N) is 3. The highest BCUT2D eigenvalue weighted by Crippen LogP contribution is 2.27. The summed E-state index contributed by atoms with van der Waals surface area (Å²) in [5.74, 6) is -1.29. The number of ether oxygens (including phenoxy) is 1. The zero-order valence-corrected chi connectivity index (χ0v) is 22.1. The van der Waals surface area contributed by atoms with Gasteiger partial charge in [-0.3, -0.25) is 19.3 Å². The Kier molecular flexibility index (Phi) is 6.61. The number of hydrogen-bond acceptors (Lipinski definition) is 5. The molecule has 2 aromatic heterocycles. The van der Waals surface area contributed by atoms with E-state index in [1.807, 2.05) is 80.9 Å². The quantitative estimate of drug-likeness (QED) is 0.243. The van der Waals surface area contributed by atoms with Crippen molar-refractivity contribution in [2.75, 3.05) is 6.54 Å². The van der Waals surface area contributed by atoms with Crippen molar-refractivity contribution in [3.8, 4) is 11.3 Å². The van der Waals surface area contributed by atoms with Gasteiger partial charge in [0.05, 0.1) is 23.2 Å². The molecule has 5 rings (SSSR count). The molecule has 0 fully saturated rings. The van der Waals surface area contributed by atoms with Gasteiger partial charge in [0.15, 0.2) is 0 Å². The van der Waals surface area contributed by atoms with E-state index in [2.05, 4.69) is 0 Å². The van der Waals surface area contributed by atoms with Crippen molar-refractivity contribution in [2.45, 2.75) is 46.1 Å². The summed E-state index contributed by atoms with van der Waals surface area (Å²) < 4.78 is 7.57. The van der Waals surface area contributed by atoms with Gasteiger partial charge in [-0.2, -0.15) is 0 Å². The molecular weight excluding hydrogens is 478 g/mol. The molecule has 0 radical (unpaired) electrons. The van der Waals surface area contributed by atoms with E-state index in [0.29, 0.717) is 17.5 Å². The maximum atomic E-state index is 13.0. The van der Waals surface area contributed by atoms with Gasteiger partial charge in [0, 0.05) is 24.5 Å². The third kappa shape index (κ3) is 5.23. The SMILES string of the molecule is Cc1cccn2cc(-c3ccc(C[C@H](CC(=O)OC(C)(C)C)CN4C(=O)c5ccccc5C4=O)cc3)nc12. The zero-order chi connectivity index (χ0) is 27.0. The van der Waals surface area contributed by atoms with Gasteiger partial charge < -0.3 is 9.14 Å². The summed E-state index contributed by atoms with van der Waals surface area (Å²) in [4.78, 5) is 44.8. The van der Waals surface area contributed by atoms with Gasteiger partial charge in [-0.05, 0) is 69.4 Å². The maximum absolute atomic E-state index is 13.0. The highest BCUT2D eigenvalue weighted by molar-refractivity contribution is 6.21. The monoisotopic (exact) mass is 509 g/mol. The molecule has 0 bridgehead atoms. The molecule has 7 nitrogen and oxygen atoms in total. The molecule has 3 heterocycles. The van der Waals surface area contributed by atoms with Crippen molar-refractivity contribution < 1.29 is 19.1 Å². The number of amides is 2. The van der Waals surface area contributed by atoms with Crippen LogP contribution in [0.4, 0.5) is 0 Å². The predicted molar refractivity (Wildman–Crippen MR) is 145 cm³/mol. The van der Waals surface area contributed by atoms with Crippen LogP contribution >= 0.6 is 0 Å². The fourth-order valence-electron chi connectivity index (χ4n) is 4.92. The Labute approximate surface area is 222 Å². The van der Waals surface area contributed by atoms with E-state index in [1.165, 1.54) is 4.90 Å². The highest BCUT2D eigenvalue weighted by atomic mass is 16.6. The predicted octanol–water partition coefficient (Wildman–Crippen LogP) is 5.50. The lowest BCUT2D eigenvalue weighted by Crippen LogP contribution is -2.37. The number of esters is 1. The minimum Gasteiger partial charge on any atom is -0.460 e. The topological polar surface area (TPSA) is 81.0 Å². The van der Waals surface area contributed by atoms with Crippen molar-refractivity contribution in [3.63, 3.8) is 0 Å². The number of imide groups is 1. The lowest BCUT2D eigenvalue weighted by Gasteiger charge is -2.25. The third-order valence-electron chi connectivity index (χ3n) is 6.65. The van der Waals surface area contributed by atoms with Crippen molar-refractivity contribution in [1.29, 1.82) is 0 Å². The first-order valence-electron chi connectivity index (χ1n) is 12.8. The van der Waals surface area contributed by atoms with Crippen molar-refractivity contribution in [3.05, 3.63) is 95.3 Å². The van der Waals surface area contributed by atoms with Crippen LogP contribution in [-0.4, -0.2) is 44.2 Å². The average Bonchev–Trinajstić information content (AvgIpc) is 3.40. The van der Waals surface area contributed by atoms with E-state index in [-0.39, 0.29) is 36.7 Å². The number of pyridine rings is 1. The Bertz CT molecular complexity index is 1490. The second kappa shape index (κ2) is 9.89. The second-order valence-corrected chi connectivity index (χ2v) is 10.9. The Morgan fingerprint density at radius 2 is 1.61 bits per heavy atom. The molecule has 1 aliphatic rings. The third-order valence-corrected chi connectivity index (χ3v) is 6.65. The molecule has 0 spiro atoms. The number of carbonyl (C=O) groups is 3. The lowest BCUT2D eigenvalue weighted by molar-refractivity contribution is -0.156. The van der Waals surface area contributed by atoms with Crippen molar-refractivity contribution >= 4 is 23.4 Å². The number of rotatable bonds is 7. The van der Waals surface area contributed by atoms with Gasteiger partial charge in [0.25, 0.3) is 11.8 Å². The largest absolute Gasteiger partial charge is 0.460 e. The van der Waals surface area contributed by atoms with Gasteiger partial charge >= 0.3 is 5.97 Å². The molecule has 7 heteroatoms. The Morgan fingerprint density at radius 3 is 2.21 bits per heavy atom. The van der Waals surface area contributed by atoms with Gasteiger partial charge in [0.1, 0.15) is 11.2 Å². The van der Waals surface area contributed by atoms with E-state index in [4.69, 9.17) is 9.72 Å². The van der Waals surface area contributed by atoms with Gasteiger partial charge in [0.2, 0.25) is 0 Å². The number of carbonyl (C=O) groups excluding carboxylic acids is 3. The Balaban J connectivity index is 1.36. The van der Waals surface area contributed by atoms with Crippen LogP contribution in [0.1, 0.15) is 59.0 Å². The first-order chi connectivity index (χ1) is 18.1. The van der Waals surface area contributed by atoms with Crippen LogP contribution in [0.5, 0.6) is 0 Å². The highest BCUT2D eigenvalue weighted by Gasteiger charge is 2.37. The van der Waals surface area contributed by atoms with E-state index in [1.54, 1.807) is 24.3 Å². The number of aromatic nitrogens is 2. The van der Waals surface area contributed by atoms with Crippen LogP contribution in [0, 0.1) is 12.8 Å². The summed E-state index contributed by atoms with van der Waals surface area (Å²) in [6.07, 6.45) is 4.59. The van der Waals surface area contributed by atoms with Crippen LogP contribution in [0.3, 0.4) is 0 Å². The van der Waals surface area contributed by atoms with Crippen LogP contribution in [0.15, 0.2) is 73.1 Å². The van der Waals surface area contributed by atoms with E-state index in [9.17, 15) is 14.4 Å². The van der Waals surface area contributed by atoms with Crippen LogP contribution in [0.25, 0.3) is 16.9 Å². The summed E-state index contributed by atoms with van der Waals surface area (Å²) in [5.41, 5.74) is 5.08. The summed E-state index contributed by atoms with van der Waals surface area (Å²) in [5, 5.41) is 0. The van der Waals surface area contributed by atoms with Crippen molar-refractivity contribution in [1.82, 2.24) is 14.3 Å². The molecule has 0 saturated heterocycles.